The maximum Gasteiger partial charge on any atom is 0.392 e. The molecule has 31 heavy (non-hydrogen) atoms. The Hall–Kier alpha value is -1.58. The molecule has 0 fully saturated rings. The summed E-state index contributed by atoms with van der Waals surface area (Å²) in [6, 6.07) is 19.2. The lowest BCUT2D eigenvalue weighted by Crippen LogP contribution is -2.38. The van der Waals surface area contributed by atoms with Crippen molar-refractivity contribution in [1.82, 2.24) is 0 Å². The van der Waals surface area contributed by atoms with Crippen molar-refractivity contribution in [2.75, 3.05) is 6.61 Å². The van der Waals surface area contributed by atoms with Crippen LogP contribution in [-0.4, -0.2) is 15.2 Å². The van der Waals surface area contributed by atoms with Crippen LogP contribution in [0.1, 0.15) is 89.7 Å². The van der Waals surface area contributed by atoms with Gasteiger partial charge in [0.1, 0.15) is 5.75 Å². The number of rotatable bonds is 15. The molecule has 2 rings (SSSR count). The Morgan fingerprint density at radius 2 is 1.19 bits per heavy atom. The molecule has 0 bridgehead atoms. The van der Waals surface area contributed by atoms with Gasteiger partial charge in [0, 0.05) is 12.0 Å². The fourth-order valence-electron chi connectivity index (χ4n) is 4.01. The molecule has 3 heteroatoms. The number of unbranched alkanes of at least 4 members (excludes halogenated alkanes) is 8. The molecule has 0 radical (unpaired) electrons. The van der Waals surface area contributed by atoms with Crippen LogP contribution in [0.2, 0.25) is 13.1 Å². The van der Waals surface area contributed by atoms with Gasteiger partial charge >= 0.3 is 8.56 Å². The molecule has 0 saturated carbocycles. The predicted molar refractivity (Wildman–Crippen MR) is 136 cm³/mol. The molecule has 2 nitrogen and oxygen atoms in total. The average Bonchev–Trinajstić information content (AvgIpc) is 2.76. The molecule has 0 aliphatic rings. The van der Waals surface area contributed by atoms with E-state index < -0.39 is 8.56 Å². The molecule has 0 spiro atoms. The van der Waals surface area contributed by atoms with Crippen molar-refractivity contribution in [3.63, 3.8) is 0 Å². The van der Waals surface area contributed by atoms with E-state index in [9.17, 15) is 0 Å². The smallest absolute Gasteiger partial charge is 0.392 e. The summed E-state index contributed by atoms with van der Waals surface area (Å²) in [5.41, 5.74) is 2.59. The maximum atomic E-state index is 6.27. The van der Waals surface area contributed by atoms with Gasteiger partial charge in [-0.25, -0.2) is 0 Å². The first-order valence-corrected chi connectivity index (χ1v) is 15.2. The minimum absolute atomic E-state index is 0.0285. The zero-order valence-corrected chi connectivity index (χ0v) is 21.6. The molecule has 0 N–H and O–H groups in total. The van der Waals surface area contributed by atoms with Gasteiger partial charge in [-0.05, 0) is 42.8 Å². The molecule has 2 aromatic carbocycles. The van der Waals surface area contributed by atoms with Crippen LogP contribution in [0.3, 0.4) is 0 Å². The van der Waals surface area contributed by atoms with E-state index >= 15 is 0 Å². The van der Waals surface area contributed by atoms with Gasteiger partial charge < -0.3 is 8.85 Å². The second kappa shape index (κ2) is 13.1. The van der Waals surface area contributed by atoms with Gasteiger partial charge in [0.05, 0.1) is 0 Å². The Kier molecular flexibility index (Phi) is 10.8. The van der Waals surface area contributed by atoms with Crippen LogP contribution in [0.25, 0.3) is 0 Å². The molecule has 0 aliphatic heterocycles. The topological polar surface area (TPSA) is 18.5 Å². The molecule has 0 atom stereocenters. The van der Waals surface area contributed by atoms with E-state index in [4.69, 9.17) is 8.85 Å². The Morgan fingerprint density at radius 3 is 1.77 bits per heavy atom. The molecule has 0 saturated heterocycles. The summed E-state index contributed by atoms with van der Waals surface area (Å²) >= 11 is 0. The van der Waals surface area contributed by atoms with Gasteiger partial charge in [0.2, 0.25) is 0 Å². The quantitative estimate of drug-likeness (QED) is 0.204. The molecule has 172 valence electrons. The normalized spacial score (nSPS) is 12.2. The van der Waals surface area contributed by atoms with Gasteiger partial charge in [-0.1, -0.05) is 115 Å². The van der Waals surface area contributed by atoms with Gasteiger partial charge in [-0.3, -0.25) is 0 Å². The molecule has 0 aromatic heterocycles. The number of benzene rings is 2. The monoisotopic (exact) mass is 440 g/mol. The fourth-order valence-corrected chi connectivity index (χ4v) is 5.40. The Labute approximate surface area is 192 Å². The van der Waals surface area contributed by atoms with Crippen molar-refractivity contribution in [2.24, 2.45) is 0 Å². The summed E-state index contributed by atoms with van der Waals surface area (Å²) < 4.78 is 12.5. The van der Waals surface area contributed by atoms with Gasteiger partial charge in [0.15, 0.2) is 0 Å². The van der Waals surface area contributed by atoms with Crippen molar-refractivity contribution in [3.05, 3.63) is 65.7 Å². The average molecular weight is 441 g/mol. The fraction of sp³-hybridized carbons (Fsp3) is 0.571. The minimum Gasteiger partial charge on any atom is -0.520 e. The van der Waals surface area contributed by atoms with Crippen LogP contribution >= 0.6 is 0 Å². The molecular formula is C28H44O2Si. The van der Waals surface area contributed by atoms with Crippen LogP contribution in [0.5, 0.6) is 5.75 Å². The first-order chi connectivity index (χ1) is 14.8. The van der Waals surface area contributed by atoms with Crippen LogP contribution in [0, 0.1) is 0 Å². The first-order valence-electron chi connectivity index (χ1n) is 12.3. The maximum absolute atomic E-state index is 6.27. The standard InChI is InChI=1S/C28H44O2Si/c1-6-7-8-9-10-11-12-13-17-24-29-31(4,5)30-27-22-20-26(21-23-27)28(2,3)25-18-15-14-16-19-25/h14-16,18-23H,6-13,17,24H2,1-5H3. The Morgan fingerprint density at radius 1 is 0.677 bits per heavy atom. The lowest BCUT2D eigenvalue weighted by molar-refractivity contribution is 0.240. The summed E-state index contributed by atoms with van der Waals surface area (Å²) in [7, 11) is -2.16. The van der Waals surface area contributed by atoms with E-state index in [0.29, 0.717) is 0 Å². The van der Waals surface area contributed by atoms with Gasteiger partial charge in [-0.2, -0.15) is 0 Å². The molecule has 0 amide bonds. The van der Waals surface area contributed by atoms with Crippen LogP contribution in [0.15, 0.2) is 54.6 Å². The van der Waals surface area contributed by atoms with Crippen molar-refractivity contribution in [1.29, 1.82) is 0 Å². The van der Waals surface area contributed by atoms with E-state index in [1.165, 1.54) is 62.5 Å². The molecular weight excluding hydrogens is 396 g/mol. The van der Waals surface area contributed by atoms with Gasteiger partial charge in [0.25, 0.3) is 0 Å². The summed E-state index contributed by atoms with van der Waals surface area (Å²) in [6.07, 6.45) is 12.0. The highest BCUT2D eigenvalue weighted by Gasteiger charge is 2.27. The summed E-state index contributed by atoms with van der Waals surface area (Å²) in [5.74, 6) is 0.913. The van der Waals surface area contributed by atoms with E-state index in [0.717, 1.165) is 18.8 Å². The van der Waals surface area contributed by atoms with E-state index in [-0.39, 0.29) is 5.41 Å². The van der Waals surface area contributed by atoms with E-state index in [1.54, 1.807) is 0 Å². The van der Waals surface area contributed by atoms with Crippen molar-refractivity contribution < 1.29 is 8.85 Å². The van der Waals surface area contributed by atoms with Crippen LogP contribution in [0.4, 0.5) is 0 Å². The number of hydrogen-bond donors (Lipinski definition) is 0. The number of hydrogen-bond acceptors (Lipinski definition) is 2. The lowest BCUT2D eigenvalue weighted by Gasteiger charge is -2.27. The SMILES string of the molecule is CCCCCCCCCCCO[Si](C)(C)Oc1ccc(C(C)(C)c2ccccc2)cc1. The summed E-state index contributed by atoms with van der Waals surface area (Å²) in [5, 5.41) is 0. The largest absolute Gasteiger partial charge is 0.520 e. The zero-order valence-electron chi connectivity index (χ0n) is 20.6. The highest BCUT2D eigenvalue weighted by Crippen LogP contribution is 2.32. The highest BCUT2D eigenvalue weighted by molar-refractivity contribution is 6.65. The van der Waals surface area contributed by atoms with Gasteiger partial charge in [-0.15, -0.1) is 0 Å². The summed E-state index contributed by atoms with van der Waals surface area (Å²) in [4.78, 5) is 0. The predicted octanol–water partition coefficient (Wildman–Crippen LogP) is 8.64. The molecule has 0 aliphatic carbocycles. The van der Waals surface area contributed by atoms with E-state index in [1.807, 2.05) is 0 Å². The first kappa shape index (κ1) is 25.7. The van der Waals surface area contributed by atoms with Crippen LogP contribution < -0.4 is 4.43 Å². The Balaban J connectivity index is 1.72. The lowest BCUT2D eigenvalue weighted by atomic mass is 9.78. The molecule has 0 unspecified atom stereocenters. The van der Waals surface area contributed by atoms with Crippen molar-refractivity contribution in [3.8, 4) is 5.75 Å². The third-order valence-corrected chi connectivity index (χ3v) is 7.76. The van der Waals surface area contributed by atoms with Crippen LogP contribution in [-0.2, 0) is 9.84 Å². The zero-order chi connectivity index (χ0) is 22.6. The Bertz CT molecular complexity index is 722. The highest BCUT2D eigenvalue weighted by atomic mass is 28.4. The third kappa shape index (κ3) is 9.20. The second-order valence-electron chi connectivity index (χ2n) is 9.69. The summed E-state index contributed by atoms with van der Waals surface area (Å²) in [6.45, 7) is 11.9. The molecule has 0 heterocycles. The van der Waals surface area contributed by atoms with Crippen molar-refractivity contribution >= 4 is 8.56 Å². The minimum atomic E-state index is -2.16. The second-order valence-corrected chi connectivity index (χ2v) is 13.0. The van der Waals surface area contributed by atoms with E-state index in [2.05, 4.69) is 88.5 Å². The third-order valence-electron chi connectivity index (χ3n) is 6.13. The molecule has 2 aromatic rings. The van der Waals surface area contributed by atoms with Crippen molar-refractivity contribution in [2.45, 2.75) is 97.1 Å².